The van der Waals surface area contributed by atoms with Crippen molar-refractivity contribution in [3.05, 3.63) is 105 Å². The molecule has 46 heavy (non-hydrogen) atoms. The van der Waals surface area contributed by atoms with Gasteiger partial charge in [-0.05, 0) is 111 Å². The monoisotopic (exact) mass is 624 g/mol. The summed E-state index contributed by atoms with van der Waals surface area (Å²) in [7, 11) is 0. The van der Waals surface area contributed by atoms with Crippen molar-refractivity contribution in [2.45, 2.75) is 109 Å². The molecule has 242 valence electrons. The van der Waals surface area contributed by atoms with Crippen LogP contribution in [-0.2, 0) is 15.0 Å². The molecule has 3 N–H and O–H groups in total. The first-order valence-electron chi connectivity index (χ1n) is 16.7. The first kappa shape index (κ1) is 31.8. The van der Waals surface area contributed by atoms with Crippen molar-refractivity contribution in [1.82, 2.24) is 5.32 Å². The van der Waals surface area contributed by atoms with Crippen LogP contribution in [0.25, 0.3) is 0 Å². The summed E-state index contributed by atoms with van der Waals surface area (Å²) in [6.07, 6.45) is 5.70. The highest BCUT2D eigenvalue weighted by atomic mass is 19.1. The summed E-state index contributed by atoms with van der Waals surface area (Å²) < 4.78 is 22.0. The summed E-state index contributed by atoms with van der Waals surface area (Å²) in [5.74, 6) is -0.659. The summed E-state index contributed by atoms with van der Waals surface area (Å²) in [6, 6.07) is 15.5. The second-order valence-electron chi connectivity index (χ2n) is 13.6. The summed E-state index contributed by atoms with van der Waals surface area (Å²) in [6.45, 7) is 10.0. The molecule has 0 aromatic heterocycles. The highest BCUT2D eigenvalue weighted by molar-refractivity contribution is 6.09. The Morgan fingerprint density at radius 2 is 1.65 bits per heavy atom. The smallest absolute Gasteiger partial charge is 0.238 e. The third kappa shape index (κ3) is 5.18. The van der Waals surface area contributed by atoms with Gasteiger partial charge >= 0.3 is 0 Å². The first-order valence-corrected chi connectivity index (χ1v) is 16.7. The highest BCUT2D eigenvalue weighted by Crippen LogP contribution is 2.59. The molecule has 1 saturated heterocycles. The number of fused-ring (bicyclic) bond motifs is 2. The van der Waals surface area contributed by atoms with E-state index in [1.54, 1.807) is 6.07 Å². The molecule has 3 aromatic rings. The zero-order valence-electron chi connectivity index (χ0n) is 27.6. The van der Waals surface area contributed by atoms with Crippen molar-refractivity contribution >= 4 is 17.5 Å². The van der Waals surface area contributed by atoms with Crippen molar-refractivity contribution in [2.24, 2.45) is 0 Å². The molecular formula is C39H45FN2O4. The normalized spacial score (nSPS) is 22.3. The fourth-order valence-electron chi connectivity index (χ4n) is 8.06. The lowest BCUT2D eigenvalue weighted by atomic mass is 9.58. The minimum Gasteiger partial charge on any atom is -0.508 e. The molecule has 1 saturated carbocycles. The van der Waals surface area contributed by atoms with E-state index in [-0.39, 0.29) is 18.2 Å². The topological polar surface area (TPSA) is 87.7 Å². The van der Waals surface area contributed by atoms with Crippen LogP contribution in [0.5, 0.6) is 5.75 Å². The van der Waals surface area contributed by atoms with Crippen LogP contribution >= 0.6 is 0 Å². The standard InChI is InChI=1S/C39H45FN2O4/c1-6-17-38(18-7-2,36(44)26-9-8-10-26)46-33-16-12-23(3)19-29(33)31-22-34(43)42-35(28-21-27(40)14-13-25(28)5)39(31)30-15-11-24(4)20-32(30)41-37(39)45/h11-16,19-21,31,35,44H,6-10,17-18,22H2,1-5H3,(H,41,45)(H,42,43)/t31-,35?,39-/m1/s1. The predicted molar refractivity (Wildman–Crippen MR) is 179 cm³/mol. The number of halogens is 1. The van der Waals surface area contributed by atoms with E-state index in [0.717, 1.165) is 65.5 Å². The number of nitrogens with one attached hydrogen (secondary N) is 2. The van der Waals surface area contributed by atoms with E-state index in [1.165, 1.54) is 12.1 Å². The van der Waals surface area contributed by atoms with Crippen LogP contribution in [-0.4, -0.2) is 22.5 Å². The van der Waals surface area contributed by atoms with Crippen LogP contribution < -0.4 is 15.4 Å². The van der Waals surface area contributed by atoms with Gasteiger partial charge in [0.2, 0.25) is 11.8 Å². The van der Waals surface area contributed by atoms with Crippen LogP contribution in [0.3, 0.4) is 0 Å². The van der Waals surface area contributed by atoms with Gasteiger partial charge in [0, 0.05) is 18.0 Å². The number of aryl methyl sites for hydroxylation is 3. The lowest BCUT2D eigenvalue weighted by molar-refractivity contribution is -0.131. The van der Waals surface area contributed by atoms with Crippen molar-refractivity contribution in [3.63, 3.8) is 0 Å². The number of amides is 2. The Morgan fingerprint density at radius 1 is 0.957 bits per heavy atom. The SMILES string of the molecule is CCCC(CCC)(Oc1ccc(C)cc1[C@H]1CC(=O)NC(c2cc(F)ccc2C)[C@]12C(=O)Nc1cc(C)ccc12)C(O)=C1CCC1. The lowest BCUT2D eigenvalue weighted by Gasteiger charge is -2.47. The second-order valence-corrected chi connectivity index (χ2v) is 13.6. The number of hydrogen-bond acceptors (Lipinski definition) is 4. The van der Waals surface area contributed by atoms with Gasteiger partial charge in [0.25, 0.3) is 0 Å². The van der Waals surface area contributed by atoms with Gasteiger partial charge in [0.05, 0.1) is 6.04 Å². The zero-order valence-corrected chi connectivity index (χ0v) is 27.6. The molecule has 2 aliphatic heterocycles. The summed E-state index contributed by atoms with van der Waals surface area (Å²) in [5, 5.41) is 18.0. The molecule has 1 spiro atoms. The molecule has 2 fully saturated rings. The molecule has 0 radical (unpaired) electrons. The van der Waals surface area contributed by atoms with Gasteiger partial charge in [0.15, 0.2) is 5.60 Å². The van der Waals surface area contributed by atoms with Gasteiger partial charge in [-0.2, -0.15) is 0 Å². The molecule has 1 aliphatic carbocycles. The number of carbonyl (C=O) groups is 2. The summed E-state index contributed by atoms with van der Waals surface area (Å²) in [4.78, 5) is 28.4. The van der Waals surface area contributed by atoms with Gasteiger partial charge in [0.1, 0.15) is 22.7 Å². The van der Waals surface area contributed by atoms with Crippen LogP contribution in [0.2, 0.25) is 0 Å². The number of aliphatic hydroxyl groups excluding tert-OH is 1. The van der Waals surface area contributed by atoms with Gasteiger partial charge in [-0.25, -0.2) is 4.39 Å². The van der Waals surface area contributed by atoms with E-state index < -0.39 is 28.8 Å². The Kier molecular flexibility index (Phi) is 8.47. The summed E-state index contributed by atoms with van der Waals surface area (Å²) in [5.41, 5.74) is 4.33. The maximum absolute atomic E-state index is 14.9. The molecule has 3 aliphatic rings. The number of ether oxygens (including phenoxy) is 1. The molecule has 6 nitrogen and oxygen atoms in total. The van der Waals surface area contributed by atoms with E-state index in [9.17, 15) is 19.1 Å². The number of benzene rings is 3. The largest absolute Gasteiger partial charge is 0.508 e. The molecule has 2 heterocycles. The average molecular weight is 625 g/mol. The average Bonchev–Trinajstić information content (AvgIpc) is 3.26. The Hall–Kier alpha value is -4.13. The van der Waals surface area contributed by atoms with E-state index >= 15 is 0 Å². The number of anilines is 1. The van der Waals surface area contributed by atoms with Crippen molar-refractivity contribution < 1.29 is 23.8 Å². The van der Waals surface area contributed by atoms with Gasteiger partial charge in [-0.1, -0.05) is 62.6 Å². The number of hydrogen-bond donors (Lipinski definition) is 3. The minimum atomic E-state index is -1.30. The van der Waals surface area contributed by atoms with Crippen LogP contribution in [0.1, 0.15) is 111 Å². The van der Waals surface area contributed by atoms with Gasteiger partial charge < -0.3 is 20.5 Å². The molecule has 0 bridgehead atoms. The lowest BCUT2D eigenvalue weighted by Crippen LogP contribution is -2.57. The van der Waals surface area contributed by atoms with E-state index in [0.29, 0.717) is 35.6 Å². The molecule has 7 heteroatoms. The van der Waals surface area contributed by atoms with Crippen LogP contribution in [0, 0.1) is 26.6 Å². The number of rotatable bonds is 9. The maximum atomic E-state index is 14.9. The molecule has 3 atom stereocenters. The van der Waals surface area contributed by atoms with Crippen molar-refractivity contribution in [1.29, 1.82) is 0 Å². The fourth-order valence-corrected chi connectivity index (χ4v) is 8.06. The molecule has 1 unspecified atom stereocenters. The van der Waals surface area contributed by atoms with Crippen molar-refractivity contribution in [2.75, 3.05) is 5.32 Å². The fraction of sp³-hybridized carbons (Fsp3) is 0.436. The zero-order chi connectivity index (χ0) is 32.8. The van der Waals surface area contributed by atoms with Gasteiger partial charge in [-0.15, -0.1) is 0 Å². The molecule has 6 rings (SSSR count). The number of carbonyl (C=O) groups excluding carboxylic acids is 2. The van der Waals surface area contributed by atoms with E-state index in [1.807, 2.05) is 57.2 Å². The molecule has 2 amide bonds. The van der Waals surface area contributed by atoms with E-state index in [4.69, 9.17) is 4.74 Å². The Morgan fingerprint density at radius 3 is 2.33 bits per heavy atom. The van der Waals surface area contributed by atoms with E-state index in [2.05, 4.69) is 24.5 Å². The minimum absolute atomic E-state index is 0.0348. The number of aliphatic hydroxyl groups is 1. The van der Waals surface area contributed by atoms with Crippen molar-refractivity contribution in [3.8, 4) is 5.75 Å². The Balaban J connectivity index is 1.60. The summed E-state index contributed by atoms with van der Waals surface area (Å²) >= 11 is 0. The number of allylic oxidation sites excluding steroid dienone is 1. The molecular weight excluding hydrogens is 579 g/mol. The Bertz CT molecular complexity index is 1720. The molecule has 3 aromatic carbocycles. The Labute approximate surface area is 271 Å². The third-order valence-corrected chi connectivity index (χ3v) is 10.4. The second kappa shape index (κ2) is 12.2. The van der Waals surface area contributed by atoms with Gasteiger partial charge in [-0.3, -0.25) is 9.59 Å². The highest BCUT2D eigenvalue weighted by Gasteiger charge is 2.62. The maximum Gasteiger partial charge on any atom is 0.238 e. The van der Waals surface area contributed by atoms with Crippen LogP contribution in [0.15, 0.2) is 65.9 Å². The quantitative estimate of drug-likeness (QED) is 0.208. The van der Waals surface area contributed by atoms with Crippen LogP contribution in [0.4, 0.5) is 10.1 Å². The predicted octanol–water partition coefficient (Wildman–Crippen LogP) is 8.70. The number of piperidine rings is 1. The third-order valence-electron chi connectivity index (χ3n) is 10.4. The first-order chi connectivity index (χ1) is 22.0.